The Morgan fingerprint density at radius 2 is 2.04 bits per heavy atom. The van der Waals surface area contributed by atoms with Crippen molar-refractivity contribution in [2.24, 2.45) is 10.1 Å². The number of likely N-dealkylation sites (tertiary alicyclic amines) is 1. The van der Waals surface area contributed by atoms with Gasteiger partial charge in [0.2, 0.25) is 10.0 Å². The standard InChI is InChI=1S/C19H27N5O3S/c1-21-19(22-13-15-6-4-7-16(12-15)28(20,25)26)23-14-17(18-8-5-11-27-18)24-9-2-3-10-24/h4-8,11-12,17H,2-3,9-10,13-14H2,1H3,(H2,20,25,26)(H2,21,22,23). The Labute approximate surface area is 165 Å². The van der Waals surface area contributed by atoms with E-state index in [1.807, 2.05) is 18.2 Å². The number of nitrogens with zero attached hydrogens (tertiary/aromatic N) is 2. The van der Waals surface area contributed by atoms with Gasteiger partial charge >= 0.3 is 0 Å². The Morgan fingerprint density at radius 1 is 1.25 bits per heavy atom. The lowest BCUT2D eigenvalue weighted by Crippen LogP contribution is -2.42. The Kier molecular flexibility index (Phi) is 6.71. The molecule has 8 nitrogen and oxygen atoms in total. The Morgan fingerprint density at radius 3 is 2.68 bits per heavy atom. The molecule has 0 amide bonds. The van der Waals surface area contributed by atoms with Crippen molar-refractivity contribution in [2.45, 2.75) is 30.3 Å². The van der Waals surface area contributed by atoms with Crippen molar-refractivity contribution in [1.82, 2.24) is 15.5 Å². The van der Waals surface area contributed by atoms with Crippen LogP contribution in [0.5, 0.6) is 0 Å². The highest BCUT2D eigenvalue weighted by Crippen LogP contribution is 2.24. The predicted octanol–water partition coefficient (Wildman–Crippen LogP) is 1.43. The normalized spacial score (nSPS) is 16.9. The number of nitrogens with two attached hydrogens (primary N) is 1. The average molecular weight is 406 g/mol. The number of hydrogen-bond acceptors (Lipinski definition) is 5. The molecule has 2 aromatic rings. The van der Waals surface area contributed by atoms with Gasteiger partial charge < -0.3 is 15.1 Å². The minimum absolute atomic E-state index is 0.0988. The molecule has 1 saturated heterocycles. The van der Waals surface area contributed by atoms with Gasteiger partial charge in [-0.3, -0.25) is 9.89 Å². The number of sulfonamides is 1. The second-order valence-corrected chi connectivity index (χ2v) is 8.33. The van der Waals surface area contributed by atoms with Crippen molar-refractivity contribution >= 4 is 16.0 Å². The van der Waals surface area contributed by atoms with E-state index in [1.165, 1.54) is 18.9 Å². The fraction of sp³-hybridized carbons (Fsp3) is 0.421. The Hall–Kier alpha value is -2.36. The first-order valence-electron chi connectivity index (χ1n) is 9.31. The third-order valence-corrected chi connectivity index (χ3v) is 5.74. The van der Waals surface area contributed by atoms with Gasteiger partial charge in [0.1, 0.15) is 5.76 Å². The van der Waals surface area contributed by atoms with Gasteiger partial charge in [0.15, 0.2) is 5.96 Å². The minimum atomic E-state index is -3.72. The van der Waals surface area contributed by atoms with E-state index in [0.29, 0.717) is 19.0 Å². The molecule has 1 atom stereocenters. The van der Waals surface area contributed by atoms with Crippen LogP contribution in [0.4, 0.5) is 0 Å². The fourth-order valence-electron chi connectivity index (χ4n) is 3.38. The number of nitrogens with one attached hydrogen (secondary N) is 2. The molecule has 1 aromatic carbocycles. The van der Waals surface area contributed by atoms with Crippen molar-refractivity contribution in [3.63, 3.8) is 0 Å². The van der Waals surface area contributed by atoms with Gasteiger partial charge in [-0.15, -0.1) is 0 Å². The molecule has 3 rings (SSSR count). The SMILES string of the molecule is CN=C(NCc1cccc(S(N)(=O)=O)c1)NCC(c1ccco1)N1CCCC1. The highest BCUT2D eigenvalue weighted by molar-refractivity contribution is 7.89. The number of guanidine groups is 1. The molecule has 0 aliphatic carbocycles. The van der Waals surface area contributed by atoms with Gasteiger partial charge in [0, 0.05) is 20.1 Å². The first kappa shape index (κ1) is 20.4. The monoisotopic (exact) mass is 405 g/mol. The largest absolute Gasteiger partial charge is 0.468 e. The van der Waals surface area contributed by atoms with Gasteiger partial charge in [0.25, 0.3) is 0 Å². The molecule has 0 radical (unpaired) electrons. The van der Waals surface area contributed by atoms with Crippen LogP contribution in [0.15, 0.2) is 57.0 Å². The molecule has 0 spiro atoms. The Bertz CT molecular complexity index is 890. The number of hydrogen-bond donors (Lipinski definition) is 3. The zero-order chi connectivity index (χ0) is 20.0. The van der Waals surface area contributed by atoms with Crippen LogP contribution in [0, 0.1) is 0 Å². The molecular weight excluding hydrogens is 378 g/mol. The molecule has 28 heavy (non-hydrogen) atoms. The maximum atomic E-state index is 11.5. The molecule has 1 aromatic heterocycles. The predicted molar refractivity (Wildman–Crippen MR) is 108 cm³/mol. The summed E-state index contributed by atoms with van der Waals surface area (Å²) in [5.41, 5.74) is 0.802. The molecule has 1 fully saturated rings. The summed E-state index contributed by atoms with van der Waals surface area (Å²) in [5, 5.41) is 11.8. The van der Waals surface area contributed by atoms with Gasteiger partial charge in [-0.2, -0.15) is 0 Å². The van der Waals surface area contributed by atoms with E-state index >= 15 is 0 Å². The fourth-order valence-corrected chi connectivity index (χ4v) is 3.96. The summed E-state index contributed by atoms with van der Waals surface area (Å²) in [6.45, 7) is 3.20. The van der Waals surface area contributed by atoms with Crippen LogP contribution >= 0.6 is 0 Å². The molecule has 1 unspecified atom stereocenters. The molecule has 152 valence electrons. The third-order valence-electron chi connectivity index (χ3n) is 4.83. The van der Waals surface area contributed by atoms with E-state index in [-0.39, 0.29) is 10.9 Å². The van der Waals surface area contributed by atoms with E-state index in [9.17, 15) is 8.42 Å². The maximum Gasteiger partial charge on any atom is 0.238 e. The van der Waals surface area contributed by atoms with Gasteiger partial charge in [-0.1, -0.05) is 12.1 Å². The first-order valence-corrected chi connectivity index (χ1v) is 10.9. The first-order chi connectivity index (χ1) is 13.5. The molecule has 1 aliphatic rings. The average Bonchev–Trinajstić information content (AvgIpc) is 3.38. The summed E-state index contributed by atoms with van der Waals surface area (Å²) >= 11 is 0. The highest BCUT2D eigenvalue weighted by atomic mass is 32.2. The quantitative estimate of drug-likeness (QED) is 0.474. The van der Waals surface area contributed by atoms with Crippen molar-refractivity contribution in [3.05, 3.63) is 54.0 Å². The molecular formula is C19H27N5O3S. The molecule has 1 aliphatic heterocycles. The van der Waals surface area contributed by atoms with Crippen LogP contribution in [-0.4, -0.2) is 46.0 Å². The molecule has 2 heterocycles. The van der Waals surface area contributed by atoms with Crippen molar-refractivity contribution < 1.29 is 12.8 Å². The number of aliphatic imine (C=N–C) groups is 1. The highest BCUT2D eigenvalue weighted by Gasteiger charge is 2.25. The summed E-state index contributed by atoms with van der Waals surface area (Å²) in [7, 11) is -2.01. The summed E-state index contributed by atoms with van der Waals surface area (Å²) in [5.74, 6) is 1.57. The summed E-state index contributed by atoms with van der Waals surface area (Å²) < 4.78 is 28.6. The number of benzene rings is 1. The second kappa shape index (κ2) is 9.22. The molecule has 9 heteroatoms. The third kappa shape index (κ3) is 5.34. The summed E-state index contributed by atoms with van der Waals surface area (Å²) in [4.78, 5) is 6.77. The van der Waals surface area contributed by atoms with E-state index in [2.05, 4.69) is 20.5 Å². The molecule has 4 N–H and O–H groups in total. The number of rotatable bonds is 7. The summed E-state index contributed by atoms with van der Waals surface area (Å²) in [6.07, 6.45) is 4.10. The molecule has 0 bridgehead atoms. The van der Waals surface area contributed by atoms with Crippen LogP contribution in [-0.2, 0) is 16.6 Å². The molecule has 0 saturated carbocycles. The summed E-state index contributed by atoms with van der Waals surface area (Å²) in [6, 6.07) is 10.6. The van der Waals surface area contributed by atoms with Crippen LogP contribution < -0.4 is 15.8 Å². The number of primary sulfonamides is 1. The maximum absolute atomic E-state index is 11.5. The van der Waals surface area contributed by atoms with Crippen molar-refractivity contribution in [2.75, 3.05) is 26.7 Å². The van der Waals surface area contributed by atoms with Crippen LogP contribution in [0.2, 0.25) is 0 Å². The van der Waals surface area contributed by atoms with E-state index in [0.717, 1.165) is 24.4 Å². The Balaban J connectivity index is 1.60. The lowest BCUT2D eigenvalue weighted by molar-refractivity contribution is 0.215. The zero-order valence-electron chi connectivity index (χ0n) is 16.0. The van der Waals surface area contributed by atoms with Crippen LogP contribution in [0.3, 0.4) is 0 Å². The lowest BCUT2D eigenvalue weighted by atomic mass is 10.2. The smallest absolute Gasteiger partial charge is 0.238 e. The van der Waals surface area contributed by atoms with Crippen molar-refractivity contribution in [1.29, 1.82) is 0 Å². The minimum Gasteiger partial charge on any atom is -0.468 e. The van der Waals surface area contributed by atoms with Gasteiger partial charge in [-0.25, -0.2) is 13.6 Å². The van der Waals surface area contributed by atoms with E-state index in [4.69, 9.17) is 9.56 Å². The lowest BCUT2D eigenvalue weighted by Gasteiger charge is -2.26. The van der Waals surface area contributed by atoms with Crippen LogP contribution in [0.25, 0.3) is 0 Å². The van der Waals surface area contributed by atoms with Crippen molar-refractivity contribution in [3.8, 4) is 0 Å². The van der Waals surface area contributed by atoms with E-state index in [1.54, 1.807) is 25.4 Å². The topological polar surface area (TPSA) is 113 Å². The second-order valence-electron chi connectivity index (χ2n) is 6.77. The van der Waals surface area contributed by atoms with Gasteiger partial charge in [-0.05, 0) is 55.8 Å². The number of furan rings is 1. The van der Waals surface area contributed by atoms with Gasteiger partial charge in [0.05, 0.1) is 17.2 Å². The zero-order valence-corrected chi connectivity index (χ0v) is 16.8. The van der Waals surface area contributed by atoms with E-state index < -0.39 is 10.0 Å². The van der Waals surface area contributed by atoms with Crippen LogP contribution in [0.1, 0.15) is 30.2 Å².